The zero-order chi connectivity index (χ0) is 14.5. The number of aliphatic hydroxyl groups is 1. The number of hydrogen-bond donors (Lipinski definition) is 5. The number of fused-ring (bicyclic) bond motifs is 1. The molecule has 0 heterocycles. The highest BCUT2D eigenvalue weighted by Gasteiger charge is 2.16. The van der Waals surface area contributed by atoms with Crippen molar-refractivity contribution < 1.29 is 20.2 Å². The lowest BCUT2D eigenvalue weighted by molar-refractivity contribution is -0.132. The van der Waals surface area contributed by atoms with Gasteiger partial charge in [-0.3, -0.25) is 15.3 Å². The summed E-state index contributed by atoms with van der Waals surface area (Å²) < 4.78 is 0. The van der Waals surface area contributed by atoms with E-state index in [0.717, 1.165) is 10.8 Å². The first-order chi connectivity index (χ1) is 9.67. The highest BCUT2D eigenvalue weighted by Crippen LogP contribution is 2.28. The Morgan fingerprint density at radius 3 is 2.65 bits per heavy atom. The van der Waals surface area contributed by atoms with Crippen LogP contribution in [0, 0.1) is 0 Å². The second-order valence-corrected chi connectivity index (χ2v) is 4.39. The van der Waals surface area contributed by atoms with Crippen molar-refractivity contribution in [1.82, 2.24) is 10.8 Å². The molecular formula is C14H16N2O4. The number of aliphatic hydroxyl groups excluding tert-OH is 1. The van der Waals surface area contributed by atoms with E-state index in [2.05, 4.69) is 5.32 Å². The van der Waals surface area contributed by atoms with Crippen LogP contribution in [-0.2, 0) is 11.3 Å². The smallest absolute Gasteiger partial charge is 0.262 e. The van der Waals surface area contributed by atoms with E-state index in [4.69, 9.17) is 10.3 Å². The quantitative estimate of drug-likeness (QED) is 0.404. The number of nitrogens with one attached hydrogen (secondary N) is 2. The van der Waals surface area contributed by atoms with Crippen molar-refractivity contribution in [2.45, 2.75) is 12.6 Å². The molecule has 0 saturated heterocycles. The molecule has 0 aliphatic rings. The molecular weight excluding hydrogens is 260 g/mol. The van der Waals surface area contributed by atoms with Crippen LogP contribution in [0.4, 0.5) is 0 Å². The lowest BCUT2D eigenvalue weighted by Gasteiger charge is -2.15. The number of hydrogen-bond acceptors (Lipinski definition) is 5. The highest BCUT2D eigenvalue weighted by atomic mass is 16.5. The number of rotatable bonds is 5. The Balaban J connectivity index is 2.18. The summed E-state index contributed by atoms with van der Waals surface area (Å²) in [5, 5.41) is 32.2. The van der Waals surface area contributed by atoms with Gasteiger partial charge in [0.15, 0.2) is 0 Å². The van der Waals surface area contributed by atoms with Crippen molar-refractivity contribution in [3.05, 3.63) is 42.0 Å². The van der Waals surface area contributed by atoms with Gasteiger partial charge in [-0.2, -0.15) is 0 Å². The van der Waals surface area contributed by atoms with Crippen molar-refractivity contribution in [2.75, 3.05) is 6.61 Å². The Morgan fingerprint density at radius 2 is 1.95 bits per heavy atom. The van der Waals surface area contributed by atoms with Gasteiger partial charge in [-0.05, 0) is 5.39 Å². The second kappa shape index (κ2) is 6.33. The number of amides is 1. The van der Waals surface area contributed by atoms with Gasteiger partial charge in [0.1, 0.15) is 11.8 Å². The summed E-state index contributed by atoms with van der Waals surface area (Å²) in [4.78, 5) is 11.2. The average Bonchev–Trinajstić information content (AvgIpc) is 2.49. The van der Waals surface area contributed by atoms with Crippen molar-refractivity contribution in [2.24, 2.45) is 0 Å². The van der Waals surface area contributed by atoms with Crippen LogP contribution in [0.15, 0.2) is 36.4 Å². The maximum absolute atomic E-state index is 11.2. The van der Waals surface area contributed by atoms with Gasteiger partial charge in [-0.1, -0.05) is 36.4 Å². The third-order valence-electron chi connectivity index (χ3n) is 3.13. The number of carbonyl (C=O) groups excluding carboxylic acids is 1. The van der Waals surface area contributed by atoms with Crippen LogP contribution in [-0.4, -0.2) is 34.0 Å². The lowest BCUT2D eigenvalue weighted by atomic mass is 10.1. The number of aromatic hydroxyl groups is 1. The normalized spacial score (nSPS) is 12.3. The molecule has 106 valence electrons. The van der Waals surface area contributed by atoms with E-state index in [1.165, 1.54) is 5.48 Å². The summed E-state index contributed by atoms with van der Waals surface area (Å²) in [5.74, 6) is -0.593. The Morgan fingerprint density at radius 1 is 1.20 bits per heavy atom. The first kappa shape index (κ1) is 14.3. The van der Waals surface area contributed by atoms with Crippen LogP contribution >= 0.6 is 0 Å². The van der Waals surface area contributed by atoms with Crippen molar-refractivity contribution in [3.8, 4) is 5.75 Å². The average molecular weight is 276 g/mol. The molecule has 1 amide bonds. The predicted octanol–water partition coefficient (Wildman–Crippen LogP) is 0.501. The van der Waals surface area contributed by atoms with Gasteiger partial charge in [0.2, 0.25) is 0 Å². The summed E-state index contributed by atoms with van der Waals surface area (Å²) >= 11 is 0. The molecule has 0 radical (unpaired) electrons. The molecule has 0 saturated carbocycles. The third-order valence-corrected chi connectivity index (χ3v) is 3.13. The van der Waals surface area contributed by atoms with Gasteiger partial charge in [0.05, 0.1) is 6.61 Å². The fourth-order valence-corrected chi connectivity index (χ4v) is 1.99. The SMILES string of the molecule is O=C(NO)[C@H](CO)NCc1ccc2ccccc2c1O. The minimum Gasteiger partial charge on any atom is -0.507 e. The van der Waals surface area contributed by atoms with Crippen LogP contribution in [0.25, 0.3) is 10.8 Å². The molecule has 1 atom stereocenters. The van der Waals surface area contributed by atoms with E-state index in [-0.39, 0.29) is 12.3 Å². The Hall–Kier alpha value is -2.15. The molecule has 0 fully saturated rings. The van der Waals surface area contributed by atoms with Gasteiger partial charge < -0.3 is 10.2 Å². The minimum absolute atomic E-state index is 0.136. The molecule has 6 heteroatoms. The van der Waals surface area contributed by atoms with Gasteiger partial charge in [-0.15, -0.1) is 0 Å². The number of phenols is 1. The molecule has 0 aromatic heterocycles. The first-order valence-corrected chi connectivity index (χ1v) is 6.15. The largest absolute Gasteiger partial charge is 0.507 e. The van der Waals surface area contributed by atoms with Crippen molar-refractivity contribution >= 4 is 16.7 Å². The van der Waals surface area contributed by atoms with E-state index in [1.54, 1.807) is 12.1 Å². The molecule has 2 aromatic carbocycles. The molecule has 20 heavy (non-hydrogen) atoms. The van der Waals surface area contributed by atoms with E-state index < -0.39 is 18.6 Å². The zero-order valence-electron chi connectivity index (χ0n) is 10.7. The molecule has 0 aliphatic heterocycles. The van der Waals surface area contributed by atoms with Crippen molar-refractivity contribution in [1.29, 1.82) is 0 Å². The zero-order valence-corrected chi connectivity index (χ0v) is 10.7. The molecule has 0 spiro atoms. The van der Waals surface area contributed by atoms with Crippen LogP contribution in [0.5, 0.6) is 5.75 Å². The maximum atomic E-state index is 11.2. The van der Waals surface area contributed by atoms with E-state index >= 15 is 0 Å². The first-order valence-electron chi connectivity index (χ1n) is 6.15. The van der Waals surface area contributed by atoms with Crippen LogP contribution in [0.1, 0.15) is 5.56 Å². The second-order valence-electron chi connectivity index (χ2n) is 4.39. The summed E-state index contributed by atoms with van der Waals surface area (Å²) in [6, 6.07) is 10.1. The molecule has 6 nitrogen and oxygen atoms in total. The topological polar surface area (TPSA) is 102 Å². The summed E-state index contributed by atoms with van der Waals surface area (Å²) in [6.45, 7) is -0.268. The Kier molecular flexibility index (Phi) is 4.52. The maximum Gasteiger partial charge on any atom is 0.262 e. The highest BCUT2D eigenvalue weighted by molar-refractivity contribution is 5.89. The van der Waals surface area contributed by atoms with E-state index in [9.17, 15) is 9.90 Å². The molecule has 0 unspecified atom stereocenters. The molecule has 0 bridgehead atoms. The number of phenolic OH excluding ortho intramolecular Hbond substituents is 1. The number of benzene rings is 2. The van der Waals surface area contributed by atoms with Crippen LogP contribution < -0.4 is 10.8 Å². The summed E-state index contributed by atoms with van der Waals surface area (Å²) in [7, 11) is 0. The third kappa shape index (κ3) is 2.88. The van der Waals surface area contributed by atoms with E-state index in [1.807, 2.05) is 24.3 Å². The van der Waals surface area contributed by atoms with E-state index in [0.29, 0.717) is 5.56 Å². The predicted molar refractivity (Wildman–Crippen MR) is 73.3 cm³/mol. The van der Waals surface area contributed by atoms with Gasteiger partial charge in [0.25, 0.3) is 5.91 Å². The lowest BCUT2D eigenvalue weighted by Crippen LogP contribution is -2.45. The van der Waals surface area contributed by atoms with Gasteiger partial charge >= 0.3 is 0 Å². The summed E-state index contributed by atoms with van der Waals surface area (Å²) in [5.41, 5.74) is 2.08. The molecule has 5 N–H and O–H groups in total. The van der Waals surface area contributed by atoms with Gasteiger partial charge in [0, 0.05) is 17.5 Å². The number of carbonyl (C=O) groups is 1. The van der Waals surface area contributed by atoms with Crippen LogP contribution in [0.2, 0.25) is 0 Å². The Bertz CT molecular complexity index is 615. The monoisotopic (exact) mass is 276 g/mol. The number of hydroxylamine groups is 1. The standard InChI is InChI=1S/C14H16N2O4/c17-8-12(14(19)16-20)15-7-10-6-5-9-3-1-2-4-11(9)13(10)18/h1-6,12,15,17-18,20H,7-8H2,(H,16,19)/t12-/m0/s1. The summed E-state index contributed by atoms with van der Waals surface area (Å²) in [6.07, 6.45) is 0. The fourth-order valence-electron chi connectivity index (χ4n) is 1.99. The van der Waals surface area contributed by atoms with Crippen LogP contribution in [0.3, 0.4) is 0 Å². The molecule has 0 aliphatic carbocycles. The Labute approximate surface area is 115 Å². The molecule has 2 rings (SSSR count). The van der Waals surface area contributed by atoms with Crippen molar-refractivity contribution in [3.63, 3.8) is 0 Å². The molecule has 2 aromatic rings. The van der Waals surface area contributed by atoms with Gasteiger partial charge in [-0.25, -0.2) is 5.48 Å². The fraction of sp³-hybridized carbons (Fsp3) is 0.214. The minimum atomic E-state index is -0.939.